The van der Waals surface area contributed by atoms with Gasteiger partial charge in [0.15, 0.2) is 5.03 Å². The van der Waals surface area contributed by atoms with Crippen molar-refractivity contribution in [1.82, 2.24) is 4.98 Å². The Labute approximate surface area is 99.9 Å². The lowest BCUT2D eigenvalue weighted by molar-refractivity contribution is 0.589. The van der Waals surface area contributed by atoms with Crippen LogP contribution in [0.5, 0.6) is 0 Å². The predicted octanol–water partition coefficient (Wildman–Crippen LogP) is 1.77. The van der Waals surface area contributed by atoms with Crippen molar-refractivity contribution in [2.75, 3.05) is 10.8 Å². The van der Waals surface area contributed by atoms with Gasteiger partial charge in [-0.1, -0.05) is 18.2 Å². The molecule has 0 fully saturated rings. The van der Waals surface area contributed by atoms with Crippen LogP contribution in [0, 0.1) is 0 Å². The van der Waals surface area contributed by atoms with Crippen molar-refractivity contribution >= 4 is 15.7 Å². The maximum absolute atomic E-state index is 12.4. The zero-order valence-corrected chi connectivity index (χ0v) is 9.94. The number of aromatic nitrogens is 1. The molecule has 2 heterocycles. The number of aromatic amines is 1. The summed E-state index contributed by atoms with van der Waals surface area (Å²) in [6, 6.07) is 10.9. The molecule has 3 rings (SSSR count). The van der Waals surface area contributed by atoms with Gasteiger partial charge in [0.25, 0.3) is 10.0 Å². The van der Waals surface area contributed by atoms with E-state index in [1.807, 2.05) is 24.3 Å². The summed E-state index contributed by atoms with van der Waals surface area (Å²) in [6.07, 6.45) is 2.39. The van der Waals surface area contributed by atoms with E-state index in [9.17, 15) is 8.42 Å². The van der Waals surface area contributed by atoms with Crippen LogP contribution in [-0.2, 0) is 16.4 Å². The summed E-state index contributed by atoms with van der Waals surface area (Å²) in [5.74, 6) is 0. The highest BCUT2D eigenvalue weighted by Crippen LogP contribution is 2.31. The second kappa shape index (κ2) is 3.63. The van der Waals surface area contributed by atoms with E-state index in [1.54, 1.807) is 18.3 Å². The third kappa shape index (κ3) is 1.54. The Morgan fingerprint density at radius 2 is 1.94 bits per heavy atom. The Bertz CT molecular complexity index is 632. The van der Waals surface area contributed by atoms with Crippen molar-refractivity contribution in [1.29, 1.82) is 0 Å². The molecule has 0 spiro atoms. The van der Waals surface area contributed by atoms with E-state index in [2.05, 4.69) is 4.98 Å². The maximum Gasteiger partial charge on any atom is 0.279 e. The molecule has 1 aromatic heterocycles. The van der Waals surface area contributed by atoms with E-state index in [0.717, 1.165) is 17.7 Å². The van der Waals surface area contributed by atoms with Crippen molar-refractivity contribution in [2.45, 2.75) is 11.4 Å². The van der Waals surface area contributed by atoms with Gasteiger partial charge in [0.2, 0.25) is 0 Å². The molecular formula is C12H12N2O2S. The topological polar surface area (TPSA) is 53.2 Å². The molecule has 4 nitrogen and oxygen atoms in total. The first-order chi connectivity index (χ1) is 8.19. The Balaban J connectivity index is 2.09. The minimum Gasteiger partial charge on any atom is -0.351 e. The van der Waals surface area contributed by atoms with Crippen LogP contribution in [0.25, 0.3) is 0 Å². The molecule has 0 saturated heterocycles. The van der Waals surface area contributed by atoms with Gasteiger partial charge in [0, 0.05) is 12.7 Å². The van der Waals surface area contributed by atoms with Crippen molar-refractivity contribution in [3.05, 3.63) is 48.2 Å². The third-order valence-corrected chi connectivity index (χ3v) is 4.75. The number of anilines is 1. The number of benzene rings is 1. The zero-order valence-electron chi connectivity index (χ0n) is 9.13. The highest BCUT2D eigenvalue weighted by molar-refractivity contribution is 7.92. The van der Waals surface area contributed by atoms with E-state index in [1.165, 1.54) is 4.31 Å². The molecule has 5 heteroatoms. The molecule has 1 aliphatic heterocycles. The van der Waals surface area contributed by atoms with Gasteiger partial charge in [0.1, 0.15) is 0 Å². The van der Waals surface area contributed by atoms with Crippen molar-refractivity contribution in [3.8, 4) is 0 Å². The molecule has 0 atom stereocenters. The SMILES string of the molecule is O=S(=O)(c1ccc[nH]1)N1CCc2ccccc21. The Morgan fingerprint density at radius 3 is 2.71 bits per heavy atom. The van der Waals surface area contributed by atoms with Crippen LogP contribution in [0.2, 0.25) is 0 Å². The van der Waals surface area contributed by atoms with Crippen molar-refractivity contribution < 1.29 is 8.42 Å². The molecule has 0 unspecified atom stereocenters. The summed E-state index contributed by atoms with van der Waals surface area (Å²) in [5, 5.41) is 0.245. The summed E-state index contributed by atoms with van der Waals surface area (Å²) < 4.78 is 26.2. The van der Waals surface area contributed by atoms with Crippen LogP contribution in [0.15, 0.2) is 47.6 Å². The fourth-order valence-electron chi connectivity index (χ4n) is 2.15. The first-order valence-electron chi connectivity index (χ1n) is 5.43. The average molecular weight is 248 g/mol. The Hall–Kier alpha value is -1.75. The van der Waals surface area contributed by atoms with Gasteiger partial charge in [-0.3, -0.25) is 4.31 Å². The van der Waals surface area contributed by atoms with Gasteiger partial charge in [-0.2, -0.15) is 8.42 Å². The summed E-state index contributed by atoms with van der Waals surface area (Å²) in [4.78, 5) is 2.76. The number of sulfonamides is 1. The molecule has 1 aromatic carbocycles. The largest absolute Gasteiger partial charge is 0.351 e. The molecule has 88 valence electrons. The monoisotopic (exact) mass is 248 g/mol. The van der Waals surface area contributed by atoms with E-state index in [4.69, 9.17) is 0 Å². The average Bonchev–Trinajstić information content (AvgIpc) is 2.99. The quantitative estimate of drug-likeness (QED) is 0.880. The van der Waals surface area contributed by atoms with Gasteiger partial charge in [-0.05, 0) is 30.2 Å². The number of hydrogen-bond donors (Lipinski definition) is 1. The van der Waals surface area contributed by atoms with Crippen LogP contribution < -0.4 is 4.31 Å². The standard InChI is InChI=1S/C12H12N2O2S/c15-17(16,12-6-3-8-13-12)14-9-7-10-4-1-2-5-11(10)14/h1-6,8,13H,7,9H2. The van der Waals surface area contributed by atoms with E-state index in [0.29, 0.717) is 6.54 Å². The van der Waals surface area contributed by atoms with Crippen LogP contribution >= 0.6 is 0 Å². The van der Waals surface area contributed by atoms with Gasteiger partial charge >= 0.3 is 0 Å². The van der Waals surface area contributed by atoms with Gasteiger partial charge in [-0.15, -0.1) is 0 Å². The lowest BCUT2D eigenvalue weighted by Crippen LogP contribution is -2.29. The fourth-order valence-corrected chi connectivity index (χ4v) is 3.62. The number of hydrogen-bond acceptors (Lipinski definition) is 2. The van der Waals surface area contributed by atoms with Crippen molar-refractivity contribution in [3.63, 3.8) is 0 Å². The summed E-state index contributed by atoms with van der Waals surface area (Å²) in [5.41, 5.74) is 1.88. The molecule has 0 bridgehead atoms. The van der Waals surface area contributed by atoms with E-state index in [-0.39, 0.29) is 5.03 Å². The molecule has 17 heavy (non-hydrogen) atoms. The molecule has 0 saturated carbocycles. The van der Waals surface area contributed by atoms with Crippen molar-refractivity contribution in [2.24, 2.45) is 0 Å². The summed E-state index contributed by atoms with van der Waals surface area (Å²) in [7, 11) is -3.43. The Morgan fingerprint density at radius 1 is 1.12 bits per heavy atom. The van der Waals surface area contributed by atoms with Gasteiger partial charge in [-0.25, -0.2) is 0 Å². The van der Waals surface area contributed by atoms with E-state index < -0.39 is 10.0 Å². The normalized spacial score (nSPS) is 14.9. The highest BCUT2D eigenvalue weighted by Gasteiger charge is 2.30. The van der Waals surface area contributed by atoms with Crippen LogP contribution in [0.3, 0.4) is 0 Å². The first kappa shape index (κ1) is 10.4. The molecular weight excluding hydrogens is 236 g/mol. The maximum atomic E-state index is 12.4. The molecule has 1 N–H and O–H groups in total. The smallest absolute Gasteiger partial charge is 0.279 e. The minimum absolute atomic E-state index is 0.245. The number of para-hydroxylation sites is 1. The number of H-pyrrole nitrogens is 1. The minimum atomic E-state index is -3.43. The number of nitrogens with zero attached hydrogens (tertiary/aromatic N) is 1. The molecule has 2 aromatic rings. The lowest BCUT2D eigenvalue weighted by Gasteiger charge is -2.18. The molecule has 0 amide bonds. The lowest BCUT2D eigenvalue weighted by atomic mass is 10.2. The first-order valence-corrected chi connectivity index (χ1v) is 6.87. The third-order valence-electron chi connectivity index (χ3n) is 2.98. The zero-order chi connectivity index (χ0) is 11.9. The molecule has 0 radical (unpaired) electrons. The van der Waals surface area contributed by atoms with Gasteiger partial charge < -0.3 is 4.98 Å². The molecule has 0 aliphatic carbocycles. The fraction of sp³-hybridized carbons (Fsp3) is 0.167. The number of fused-ring (bicyclic) bond motifs is 1. The van der Waals surface area contributed by atoms with Crippen LogP contribution in [-0.4, -0.2) is 19.9 Å². The second-order valence-corrected chi connectivity index (χ2v) is 5.82. The van der Waals surface area contributed by atoms with Crippen LogP contribution in [0.1, 0.15) is 5.56 Å². The number of nitrogens with one attached hydrogen (secondary N) is 1. The number of rotatable bonds is 2. The second-order valence-electron chi connectivity index (χ2n) is 3.99. The molecule has 1 aliphatic rings. The summed E-state index contributed by atoms with van der Waals surface area (Å²) in [6.45, 7) is 0.515. The Kier molecular flexibility index (Phi) is 2.22. The summed E-state index contributed by atoms with van der Waals surface area (Å²) >= 11 is 0. The van der Waals surface area contributed by atoms with Gasteiger partial charge in [0.05, 0.1) is 5.69 Å². The predicted molar refractivity (Wildman–Crippen MR) is 65.5 cm³/mol. The highest BCUT2D eigenvalue weighted by atomic mass is 32.2. The van der Waals surface area contributed by atoms with Crippen LogP contribution in [0.4, 0.5) is 5.69 Å². The van der Waals surface area contributed by atoms with E-state index >= 15 is 0 Å².